The van der Waals surface area contributed by atoms with Crippen LogP contribution in [0, 0.1) is 10.8 Å². The Labute approximate surface area is 94.6 Å². The molecule has 11 heavy (non-hydrogen) atoms. The Kier molecular flexibility index (Phi) is 9.14. The molecule has 0 unspecified atom stereocenters. The molecule has 50 valence electrons. The van der Waals surface area contributed by atoms with E-state index in [1.54, 1.807) is 14.2 Å². The molecule has 0 spiro atoms. The molecule has 0 fully saturated rings. The van der Waals surface area contributed by atoms with Gasteiger partial charge >= 0.3 is 37.7 Å². The molecule has 1 rings (SSSR count). The van der Waals surface area contributed by atoms with E-state index in [1.807, 2.05) is 0 Å². The first-order valence-electron chi connectivity index (χ1n) is 2.38. The smallest absolute Gasteiger partial charge is 0.630 e. The third kappa shape index (κ3) is 3.60. The second-order valence-electron chi connectivity index (χ2n) is 1.37. The van der Waals surface area contributed by atoms with Gasteiger partial charge in [0.1, 0.15) is 0 Å². The van der Waals surface area contributed by atoms with Crippen LogP contribution in [0.5, 0.6) is 11.5 Å². The molecule has 0 bridgehead atoms. The monoisotopic (exact) mass is 156 g/mol. The van der Waals surface area contributed by atoms with Crippen LogP contribution in [-0.2, 0) is 0 Å². The fourth-order valence-electron chi connectivity index (χ4n) is 0.480. The largest absolute Gasteiger partial charge is 1.00 e. The Balaban J connectivity index is 0. The summed E-state index contributed by atoms with van der Waals surface area (Å²) in [6, 6.07) is 0. The number of thiophene rings is 1. The van der Waals surface area contributed by atoms with Crippen LogP contribution in [0.4, 0.5) is 0 Å². The fourth-order valence-corrected chi connectivity index (χ4v) is 1.07. The van der Waals surface area contributed by atoms with E-state index in [-0.39, 0.29) is 37.7 Å². The summed E-state index contributed by atoms with van der Waals surface area (Å²) >= 11 is 1.32. The summed E-state index contributed by atoms with van der Waals surface area (Å²) in [5.41, 5.74) is 0. The molecule has 0 radical (unpaired) electrons. The van der Waals surface area contributed by atoms with Gasteiger partial charge in [-0.25, -0.2) is 0 Å². The predicted octanol–water partition coefficient (Wildman–Crippen LogP) is -4.63. The van der Waals surface area contributed by atoms with E-state index in [4.69, 9.17) is 9.47 Å². The second-order valence-corrected chi connectivity index (χ2v) is 1.99. The van der Waals surface area contributed by atoms with Crippen LogP contribution in [0.1, 0.15) is 0 Å². The van der Waals surface area contributed by atoms with Crippen molar-refractivity contribution >= 4 is 11.3 Å². The van der Waals surface area contributed by atoms with E-state index in [2.05, 4.69) is 10.8 Å². The first-order chi connectivity index (χ1) is 4.38. The van der Waals surface area contributed by atoms with Gasteiger partial charge in [0, 0.05) is 7.11 Å². The van der Waals surface area contributed by atoms with Gasteiger partial charge in [-0.2, -0.15) is 5.75 Å². The first-order valence-corrected chi connectivity index (χ1v) is 3.20. The molecule has 0 N–H and O–H groups in total. The number of hydrogen-bond donors (Lipinski definition) is 0. The summed E-state index contributed by atoms with van der Waals surface area (Å²) in [4.78, 5) is 0. The molecule has 0 aliphatic carbocycles. The van der Waals surface area contributed by atoms with Gasteiger partial charge in [-0.3, -0.25) is 5.38 Å². The molecular formula is C6H6Li2O2S. The van der Waals surface area contributed by atoms with Crippen molar-refractivity contribution in [1.82, 2.24) is 0 Å². The molecule has 2 nitrogen and oxygen atoms in total. The molecule has 0 saturated heterocycles. The molecule has 1 aromatic heterocycles. The maximum absolute atomic E-state index is 4.87. The molecule has 0 aliphatic rings. The van der Waals surface area contributed by atoms with Crippen molar-refractivity contribution in [2.24, 2.45) is 0 Å². The minimum absolute atomic E-state index is 0. The van der Waals surface area contributed by atoms with Gasteiger partial charge in [0.15, 0.2) is 0 Å². The van der Waals surface area contributed by atoms with Crippen molar-refractivity contribution in [3.63, 3.8) is 0 Å². The van der Waals surface area contributed by atoms with E-state index in [1.165, 1.54) is 11.3 Å². The average molecular weight is 156 g/mol. The van der Waals surface area contributed by atoms with Crippen molar-refractivity contribution in [1.29, 1.82) is 0 Å². The van der Waals surface area contributed by atoms with Gasteiger partial charge in [0.05, 0.1) is 7.11 Å². The topological polar surface area (TPSA) is 18.5 Å². The van der Waals surface area contributed by atoms with Crippen LogP contribution in [0.15, 0.2) is 0 Å². The predicted molar refractivity (Wildman–Crippen MR) is 35.1 cm³/mol. The van der Waals surface area contributed by atoms with Gasteiger partial charge in [-0.15, -0.1) is 0 Å². The number of ether oxygens (including phenoxy) is 2. The minimum atomic E-state index is 0. The zero-order valence-electron chi connectivity index (χ0n) is 7.22. The summed E-state index contributed by atoms with van der Waals surface area (Å²) in [5, 5.41) is 5.69. The van der Waals surface area contributed by atoms with E-state index in [0.717, 1.165) is 0 Å². The normalized spacial score (nSPS) is 7.45. The van der Waals surface area contributed by atoms with E-state index < -0.39 is 0 Å². The summed E-state index contributed by atoms with van der Waals surface area (Å²) in [5.74, 6) is 1.25. The van der Waals surface area contributed by atoms with Gasteiger partial charge in [-0.05, 0) is 0 Å². The van der Waals surface area contributed by atoms with E-state index in [0.29, 0.717) is 11.5 Å². The van der Waals surface area contributed by atoms with Crippen molar-refractivity contribution < 1.29 is 47.2 Å². The van der Waals surface area contributed by atoms with Crippen molar-refractivity contribution in [3.8, 4) is 11.5 Å². The Bertz CT molecular complexity index is 172. The summed E-state index contributed by atoms with van der Waals surface area (Å²) < 4.78 is 9.75. The summed E-state index contributed by atoms with van der Waals surface area (Å²) in [6.45, 7) is 0. The minimum Gasteiger partial charge on any atom is -0.630 e. The maximum Gasteiger partial charge on any atom is 1.00 e. The van der Waals surface area contributed by atoms with Crippen molar-refractivity contribution in [3.05, 3.63) is 10.8 Å². The van der Waals surface area contributed by atoms with Crippen LogP contribution in [0.2, 0.25) is 0 Å². The molecular weight excluding hydrogens is 150 g/mol. The van der Waals surface area contributed by atoms with Crippen LogP contribution in [-0.4, -0.2) is 14.2 Å². The standard InChI is InChI=1S/C6H6O2S.2Li/c1-7-5-3-9-4-6(5)8-2;;/h1-2H3;;/q-2;2*+1. The first kappa shape index (κ1) is 14.0. The summed E-state index contributed by atoms with van der Waals surface area (Å²) in [7, 11) is 3.16. The Morgan fingerprint density at radius 3 is 1.64 bits per heavy atom. The molecule has 0 amide bonds. The number of rotatable bonds is 2. The average Bonchev–Trinajstić information content (AvgIpc) is 2.33. The summed E-state index contributed by atoms with van der Waals surface area (Å²) in [6.07, 6.45) is 0. The van der Waals surface area contributed by atoms with Gasteiger partial charge in [0.2, 0.25) is 0 Å². The third-order valence-electron chi connectivity index (χ3n) is 0.902. The Morgan fingerprint density at radius 1 is 1.00 bits per heavy atom. The Morgan fingerprint density at radius 2 is 1.36 bits per heavy atom. The van der Waals surface area contributed by atoms with Gasteiger partial charge < -0.3 is 26.2 Å². The SMILES string of the molecule is COc1[c-]s[c-]c1OC.[Li+].[Li+]. The second kappa shape index (κ2) is 7.16. The quantitative estimate of drug-likeness (QED) is 0.317. The van der Waals surface area contributed by atoms with Crippen molar-refractivity contribution in [2.75, 3.05) is 14.2 Å². The number of hydrogen-bond acceptors (Lipinski definition) is 3. The molecule has 0 saturated carbocycles. The zero-order chi connectivity index (χ0) is 6.69. The molecule has 0 aliphatic heterocycles. The molecule has 1 aromatic rings. The van der Waals surface area contributed by atoms with E-state index in [9.17, 15) is 0 Å². The van der Waals surface area contributed by atoms with Crippen LogP contribution in [0.25, 0.3) is 0 Å². The van der Waals surface area contributed by atoms with Crippen LogP contribution >= 0.6 is 11.3 Å². The number of methoxy groups -OCH3 is 2. The van der Waals surface area contributed by atoms with Crippen molar-refractivity contribution in [2.45, 2.75) is 0 Å². The zero-order valence-corrected chi connectivity index (χ0v) is 8.04. The molecule has 1 heterocycles. The maximum atomic E-state index is 4.87. The van der Waals surface area contributed by atoms with Crippen LogP contribution < -0.4 is 47.2 Å². The fraction of sp³-hybridized carbons (Fsp3) is 0.333. The van der Waals surface area contributed by atoms with Crippen LogP contribution in [0.3, 0.4) is 0 Å². The van der Waals surface area contributed by atoms with Gasteiger partial charge in [-0.1, -0.05) is 5.75 Å². The molecule has 0 aromatic carbocycles. The molecule has 0 atom stereocenters. The van der Waals surface area contributed by atoms with Gasteiger partial charge in [0.25, 0.3) is 0 Å². The molecule has 5 heteroatoms. The third-order valence-corrected chi connectivity index (χ3v) is 1.48. The Hall–Kier alpha value is 0.495. The van der Waals surface area contributed by atoms with E-state index >= 15 is 0 Å².